The fourth-order valence-electron chi connectivity index (χ4n) is 3.22. The van der Waals surface area contributed by atoms with Crippen molar-refractivity contribution in [1.29, 1.82) is 0 Å². The van der Waals surface area contributed by atoms with Gasteiger partial charge in [-0.05, 0) is 37.5 Å². The summed E-state index contributed by atoms with van der Waals surface area (Å²) in [7, 11) is 1.44. The quantitative estimate of drug-likeness (QED) is 0.480. The number of rotatable bonds is 4. The molecule has 0 radical (unpaired) electrons. The molecule has 0 aliphatic carbocycles. The van der Waals surface area contributed by atoms with Gasteiger partial charge in [0.2, 0.25) is 0 Å². The van der Waals surface area contributed by atoms with Crippen molar-refractivity contribution in [1.82, 2.24) is 4.90 Å². The lowest BCUT2D eigenvalue weighted by atomic mass is 9.86. The van der Waals surface area contributed by atoms with Gasteiger partial charge in [0.25, 0.3) is 0 Å². The summed E-state index contributed by atoms with van der Waals surface area (Å²) in [5.74, 6) is 1.20. The third-order valence-electron chi connectivity index (χ3n) is 4.90. The van der Waals surface area contributed by atoms with Crippen LogP contribution in [0.2, 0.25) is 0 Å². The molecule has 22 heavy (non-hydrogen) atoms. The van der Waals surface area contributed by atoms with Crippen LogP contribution < -0.4 is 5.73 Å². The number of nitrogens with two attached hydrogens (primary N) is 1. The maximum absolute atomic E-state index is 12.1. The van der Waals surface area contributed by atoms with Crippen LogP contribution in [-0.4, -0.2) is 56.8 Å². The molecule has 2 rings (SSSR count). The van der Waals surface area contributed by atoms with E-state index < -0.39 is 0 Å². The van der Waals surface area contributed by atoms with Crippen LogP contribution in [0.15, 0.2) is 4.99 Å². The van der Waals surface area contributed by atoms with Crippen molar-refractivity contribution in [2.45, 2.75) is 32.6 Å². The molecule has 0 aromatic rings. The van der Waals surface area contributed by atoms with E-state index >= 15 is 0 Å². The monoisotopic (exact) mass is 311 g/mol. The molecule has 2 heterocycles. The first-order valence-corrected chi connectivity index (χ1v) is 8.32. The highest BCUT2D eigenvalue weighted by molar-refractivity contribution is 5.79. The Morgan fingerprint density at radius 1 is 1.32 bits per heavy atom. The van der Waals surface area contributed by atoms with Crippen LogP contribution in [0.3, 0.4) is 0 Å². The Morgan fingerprint density at radius 2 is 1.95 bits per heavy atom. The second-order valence-corrected chi connectivity index (χ2v) is 6.45. The van der Waals surface area contributed by atoms with E-state index in [1.807, 2.05) is 0 Å². The fraction of sp³-hybridized carbons (Fsp3) is 0.875. The number of hydrogen-bond acceptors (Lipinski definition) is 4. The smallest absolute Gasteiger partial charge is 0.310 e. The molecule has 1 unspecified atom stereocenters. The molecule has 0 aromatic carbocycles. The van der Waals surface area contributed by atoms with Crippen LogP contribution >= 0.6 is 0 Å². The average molecular weight is 311 g/mol. The van der Waals surface area contributed by atoms with E-state index in [1.54, 1.807) is 0 Å². The number of aliphatic imine (C=N–C) groups is 1. The van der Waals surface area contributed by atoms with Crippen LogP contribution in [-0.2, 0) is 14.3 Å². The Hall–Kier alpha value is -1.30. The maximum atomic E-state index is 12.1. The zero-order valence-electron chi connectivity index (χ0n) is 13.8. The summed E-state index contributed by atoms with van der Waals surface area (Å²) >= 11 is 0. The SMILES string of the molecule is COC(=O)C(CN=C(N)N1CCC(C)CC1)C1CCOCC1. The summed E-state index contributed by atoms with van der Waals surface area (Å²) in [4.78, 5) is 18.7. The number of carbonyl (C=O) groups is 1. The highest BCUT2D eigenvalue weighted by Crippen LogP contribution is 2.25. The van der Waals surface area contributed by atoms with Crippen molar-refractivity contribution in [3.63, 3.8) is 0 Å². The molecule has 0 bridgehead atoms. The van der Waals surface area contributed by atoms with Crippen LogP contribution in [0.25, 0.3) is 0 Å². The van der Waals surface area contributed by atoms with Gasteiger partial charge in [-0.25, -0.2) is 0 Å². The molecule has 6 heteroatoms. The predicted molar refractivity (Wildman–Crippen MR) is 85.5 cm³/mol. The Kier molecular flexibility index (Phi) is 6.49. The van der Waals surface area contributed by atoms with E-state index in [0.717, 1.165) is 44.7 Å². The Labute approximate surface area is 133 Å². The van der Waals surface area contributed by atoms with Gasteiger partial charge in [-0.2, -0.15) is 0 Å². The number of hydrogen-bond donors (Lipinski definition) is 1. The van der Waals surface area contributed by atoms with Crippen molar-refractivity contribution in [3.8, 4) is 0 Å². The van der Waals surface area contributed by atoms with E-state index in [-0.39, 0.29) is 17.8 Å². The first kappa shape index (κ1) is 17.1. The number of piperidine rings is 1. The highest BCUT2D eigenvalue weighted by atomic mass is 16.5. The number of ether oxygens (including phenoxy) is 2. The minimum atomic E-state index is -0.212. The topological polar surface area (TPSA) is 77.1 Å². The van der Waals surface area contributed by atoms with Gasteiger partial charge in [0.1, 0.15) is 0 Å². The number of esters is 1. The summed E-state index contributed by atoms with van der Waals surface area (Å²) in [6, 6.07) is 0. The van der Waals surface area contributed by atoms with Crippen LogP contribution in [0, 0.1) is 17.8 Å². The molecular weight excluding hydrogens is 282 g/mol. The lowest BCUT2D eigenvalue weighted by Crippen LogP contribution is -2.43. The van der Waals surface area contributed by atoms with Crippen LogP contribution in [0.1, 0.15) is 32.6 Å². The summed E-state index contributed by atoms with van der Waals surface area (Å²) in [6.07, 6.45) is 4.07. The first-order chi connectivity index (χ1) is 10.6. The molecule has 0 saturated carbocycles. The molecule has 0 amide bonds. The summed E-state index contributed by atoms with van der Waals surface area (Å²) in [5.41, 5.74) is 6.11. The number of nitrogens with zero attached hydrogens (tertiary/aromatic N) is 2. The fourth-order valence-corrected chi connectivity index (χ4v) is 3.22. The molecule has 0 aromatic heterocycles. The van der Waals surface area contributed by atoms with Crippen molar-refractivity contribution < 1.29 is 14.3 Å². The minimum absolute atomic E-state index is 0.185. The summed E-state index contributed by atoms with van der Waals surface area (Å²) in [5, 5.41) is 0. The van der Waals surface area contributed by atoms with E-state index in [0.29, 0.717) is 25.7 Å². The van der Waals surface area contributed by atoms with E-state index in [2.05, 4.69) is 16.8 Å². The maximum Gasteiger partial charge on any atom is 0.310 e. The zero-order chi connectivity index (χ0) is 15.9. The number of guanidine groups is 1. The molecule has 2 aliphatic heterocycles. The Balaban J connectivity index is 1.94. The molecule has 126 valence electrons. The average Bonchev–Trinajstić information content (AvgIpc) is 2.56. The molecule has 2 saturated heterocycles. The van der Waals surface area contributed by atoms with Gasteiger partial charge in [0.05, 0.1) is 19.6 Å². The van der Waals surface area contributed by atoms with Gasteiger partial charge in [0, 0.05) is 26.3 Å². The molecule has 2 fully saturated rings. The summed E-state index contributed by atoms with van der Waals surface area (Å²) in [6.45, 7) is 6.01. The first-order valence-electron chi connectivity index (χ1n) is 8.32. The standard InChI is InChI=1S/C16H29N3O3/c1-12-3-7-19(8-4-12)16(17)18-11-14(15(20)21-2)13-5-9-22-10-6-13/h12-14H,3-11H2,1-2H3,(H2,17,18). The van der Waals surface area contributed by atoms with Crippen molar-refractivity contribution >= 4 is 11.9 Å². The number of methoxy groups -OCH3 is 1. The summed E-state index contributed by atoms with van der Waals surface area (Å²) < 4.78 is 10.3. The van der Waals surface area contributed by atoms with Gasteiger partial charge >= 0.3 is 5.97 Å². The second kappa shape index (κ2) is 8.36. The molecule has 0 spiro atoms. The van der Waals surface area contributed by atoms with Crippen molar-refractivity contribution in [2.24, 2.45) is 28.5 Å². The van der Waals surface area contributed by atoms with Gasteiger partial charge in [0.15, 0.2) is 5.96 Å². The number of carbonyl (C=O) groups excluding carboxylic acids is 1. The Morgan fingerprint density at radius 3 is 2.55 bits per heavy atom. The normalized spacial score (nSPS) is 23.4. The van der Waals surface area contributed by atoms with E-state index in [1.165, 1.54) is 7.11 Å². The van der Waals surface area contributed by atoms with E-state index in [9.17, 15) is 4.79 Å². The van der Waals surface area contributed by atoms with Gasteiger partial charge in [-0.1, -0.05) is 6.92 Å². The van der Waals surface area contributed by atoms with Gasteiger partial charge in [-0.3, -0.25) is 9.79 Å². The van der Waals surface area contributed by atoms with Gasteiger partial charge < -0.3 is 20.1 Å². The van der Waals surface area contributed by atoms with Crippen molar-refractivity contribution in [2.75, 3.05) is 40.0 Å². The zero-order valence-corrected chi connectivity index (χ0v) is 13.8. The van der Waals surface area contributed by atoms with Gasteiger partial charge in [-0.15, -0.1) is 0 Å². The van der Waals surface area contributed by atoms with E-state index in [4.69, 9.17) is 15.2 Å². The Bertz CT molecular complexity index is 386. The number of likely N-dealkylation sites (tertiary alicyclic amines) is 1. The highest BCUT2D eigenvalue weighted by Gasteiger charge is 2.30. The second-order valence-electron chi connectivity index (χ2n) is 6.45. The molecule has 6 nitrogen and oxygen atoms in total. The van der Waals surface area contributed by atoms with Crippen molar-refractivity contribution in [3.05, 3.63) is 0 Å². The van der Waals surface area contributed by atoms with Crippen LogP contribution in [0.4, 0.5) is 0 Å². The lowest BCUT2D eigenvalue weighted by Gasteiger charge is -2.32. The lowest BCUT2D eigenvalue weighted by molar-refractivity contribution is -0.148. The predicted octanol–water partition coefficient (Wildman–Crippen LogP) is 1.25. The minimum Gasteiger partial charge on any atom is -0.469 e. The van der Waals surface area contributed by atoms with Crippen LogP contribution in [0.5, 0.6) is 0 Å². The third kappa shape index (κ3) is 4.60. The third-order valence-corrected chi connectivity index (χ3v) is 4.90. The molecule has 2 N–H and O–H groups in total. The molecular formula is C16H29N3O3. The molecule has 1 atom stereocenters. The molecule has 2 aliphatic rings. The largest absolute Gasteiger partial charge is 0.469 e.